The summed E-state index contributed by atoms with van der Waals surface area (Å²) >= 11 is 1.46. The van der Waals surface area contributed by atoms with Gasteiger partial charge in [0.25, 0.3) is 5.91 Å². The first-order valence-electron chi connectivity index (χ1n) is 9.63. The van der Waals surface area contributed by atoms with Crippen molar-refractivity contribution in [2.75, 3.05) is 24.3 Å². The number of nitrogens with one attached hydrogen (secondary N) is 1. The molecule has 1 aromatic heterocycles. The lowest BCUT2D eigenvalue weighted by molar-refractivity contribution is -0.116. The molecule has 2 aromatic rings. The van der Waals surface area contributed by atoms with Crippen LogP contribution in [-0.2, 0) is 11.3 Å². The van der Waals surface area contributed by atoms with Crippen LogP contribution in [0.1, 0.15) is 49.4 Å². The van der Waals surface area contributed by atoms with Gasteiger partial charge in [0.15, 0.2) is 0 Å². The summed E-state index contributed by atoms with van der Waals surface area (Å²) in [5.74, 6) is 0.346. The fourth-order valence-electron chi connectivity index (χ4n) is 3.02. The minimum atomic E-state index is 0.00827. The third-order valence-corrected chi connectivity index (χ3v) is 5.25. The van der Waals surface area contributed by atoms with E-state index in [4.69, 9.17) is 0 Å². The molecular formula is C22H31N3O2S. The van der Waals surface area contributed by atoms with Crippen molar-refractivity contribution in [3.8, 4) is 0 Å². The quantitative estimate of drug-likeness (QED) is 0.688. The molecule has 5 nitrogen and oxygen atoms in total. The predicted molar refractivity (Wildman–Crippen MR) is 118 cm³/mol. The first kappa shape index (κ1) is 22.0. The van der Waals surface area contributed by atoms with Crippen LogP contribution in [-0.4, -0.2) is 36.9 Å². The molecule has 28 heavy (non-hydrogen) atoms. The van der Waals surface area contributed by atoms with Crippen LogP contribution in [0.3, 0.4) is 0 Å². The maximum absolute atomic E-state index is 13.0. The summed E-state index contributed by atoms with van der Waals surface area (Å²) in [6.07, 6.45) is 0.486. The SMILES string of the molecule is CC(C)CC(=O)Nc1ccc(N(C)C)c(CN(C(=O)c2cccs2)C(C)C)c1. The second-order valence-electron chi connectivity index (χ2n) is 7.89. The van der Waals surface area contributed by atoms with Crippen molar-refractivity contribution in [2.45, 2.75) is 46.7 Å². The number of nitrogens with zero attached hydrogens (tertiary/aromatic N) is 2. The topological polar surface area (TPSA) is 52.7 Å². The van der Waals surface area contributed by atoms with Gasteiger partial charge in [-0.2, -0.15) is 0 Å². The molecule has 0 aliphatic rings. The molecule has 0 aliphatic heterocycles. The van der Waals surface area contributed by atoms with Gasteiger partial charge in [-0.25, -0.2) is 0 Å². The largest absolute Gasteiger partial charge is 0.377 e. The first-order valence-corrected chi connectivity index (χ1v) is 10.5. The molecule has 0 spiro atoms. The van der Waals surface area contributed by atoms with Crippen molar-refractivity contribution in [2.24, 2.45) is 5.92 Å². The van der Waals surface area contributed by atoms with Crippen molar-refractivity contribution in [3.63, 3.8) is 0 Å². The fourth-order valence-corrected chi connectivity index (χ4v) is 3.70. The van der Waals surface area contributed by atoms with Gasteiger partial charge in [0.2, 0.25) is 5.91 Å². The number of carbonyl (C=O) groups is 2. The lowest BCUT2D eigenvalue weighted by Gasteiger charge is -2.29. The summed E-state index contributed by atoms with van der Waals surface area (Å²) < 4.78 is 0. The van der Waals surface area contributed by atoms with Crippen LogP contribution >= 0.6 is 11.3 Å². The Morgan fingerprint density at radius 3 is 2.36 bits per heavy atom. The molecule has 2 rings (SSSR count). The van der Waals surface area contributed by atoms with E-state index in [-0.39, 0.29) is 17.9 Å². The standard InChI is InChI=1S/C22H31N3O2S/c1-15(2)12-21(26)23-18-9-10-19(24(5)6)17(13-18)14-25(16(3)4)22(27)20-8-7-11-28-20/h7-11,13,15-16H,12,14H2,1-6H3,(H,23,26). The second-order valence-corrected chi connectivity index (χ2v) is 8.84. The Morgan fingerprint density at radius 2 is 1.82 bits per heavy atom. The summed E-state index contributed by atoms with van der Waals surface area (Å²) in [5.41, 5.74) is 2.80. The van der Waals surface area contributed by atoms with E-state index in [1.807, 2.05) is 87.3 Å². The van der Waals surface area contributed by atoms with Crippen molar-refractivity contribution in [1.82, 2.24) is 4.90 Å². The zero-order valence-electron chi connectivity index (χ0n) is 17.7. The van der Waals surface area contributed by atoms with E-state index in [9.17, 15) is 9.59 Å². The van der Waals surface area contributed by atoms with Gasteiger partial charge in [0.05, 0.1) is 4.88 Å². The van der Waals surface area contributed by atoms with Gasteiger partial charge in [0.1, 0.15) is 0 Å². The van der Waals surface area contributed by atoms with Gasteiger partial charge in [-0.15, -0.1) is 11.3 Å². The summed E-state index contributed by atoms with van der Waals surface area (Å²) in [6.45, 7) is 8.58. The van der Waals surface area contributed by atoms with Crippen LogP contribution in [0.25, 0.3) is 0 Å². The normalized spacial score (nSPS) is 11.0. The molecule has 0 saturated carbocycles. The summed E-state index contributed by atoms with van der Waals surface area (Å²) in [4.78, 5) is 29.8. The lowest BCUT2D eigenvalue weighted by Crippen LogP contribution is -2.36. The Hall–Kier alpha value is -2.34. The minimum Gasteiger partial charge on any atom is -0.377 e. The minimum absolute atomic E-state index is 0.00827. The highest BCUT2D eigenvalue weighted by Crippen LogP contribution is 2.26. The smallest absolute Gasteiger partial charge is 0.264 e. The number of hydrogen-bond acceptors (Lipinski definition) is 4. The van der Waals surface area contributed by atoms with Crippen LogP contribution in [0, 0.1) is 5.92 Å². The van der Waals surface area contributed by atoms with E-state index >= 15 is 0 Å². The van der Waals surface area contributed by atoms with Crippen molar-refractivity contribution in [3.05, 3.63) is 46.2 Å². The molecule has 0 atom stereocenters. The maximum atomic E-state index is 13.0. The van der Waals surface area contributed by atoms with Crippen LogP contribution in [0.2, 0.25) is 0 Å². The lowest BCUT2D eigenvalue weighted by atomic mass is 10.1. The van der Waals surface area contributed by atoms with Gasteiger partial charge in [0, 0.05) is 44.5 Å². The Kier molecular flexibility index (Phi) is 7.63. The summed E-state index contributed by atoms with van der Waals surface area (Å²) in [7, 11) is 3.97. The van der Waals surface area contributed by atoms with Crippen molar-refractivity contribution in [1.29, 1.82) is 0 Å². The van der Waals surface area contributed by atoms with Crippen molar-refractivity contribution >= 4 is 34.5 Å². The third kappa shape index (κ3) is 5.83. The van der Waals surface area contributed by atoms with Crippen molar-refractivity contribution < 1.29 is 9.59 Å². The van der Waals surface area contributed by atoms with E-state index in [0.717, 1.165) is 21.8 Å². The molecule has 1 N–H and O–H groups in total. The Morgan fingerprint density at radius 1 is 1.11 bits per heavy atom. The molecular weight excluding hydrogens is 370 g/mol. The monoisotopic (exact) mass is 401 g/mol. The van der Waals surface area contributed by atoms with Crippen LogP contribution in [0.15, 0.2) is 35.7 Å². The number of amides is 2. The summed E-state index contributed by atoms with van der Waals surface area (Å²) in [5, 5.41) is 4.90. The molecule has 0 radical (unpaired) electrons. The van der Waals surface area contributed by atoms with E-state index in [1.165, 1.54) is 11.3 Å². The Balaban J connectivity index is 2.30. The van der Waals surface area contributed by atoms with E-state index in [0.29, 0.717) is 18.9 Å². The van der Waals surface area contributed by atoms with Crippen LogP contribution < -0.4 is 10.2 Å². The predicted octanol–water partition coefficient (Wildman–Crippen LogP) is 4.85. The van der Waals surface area contributed by atoms with Gasteiger partial charge in [-0.1, -0.05) is 19.9 Å². The molecule has 1 aromatic carbocycles. The first-order chi connectivity index (χ1) is 13.2. The molecule has 0 fully saturated rings. The third-order valence-electron chi connectivity index (χ3n) is 4.40. The maximum Gasteiger partial charge on any atom is 0.264 e. The fraction of sp³-hybridized carbons (Fsp3) is 0.455. The zero-order valence-corrected chi connectivity index (χ0v) is 18.5. The Bertz CT molecular complexity index is 798. The number of benzene rings is 1. The Labute approximate surface area is 172 Å². The molecule has 6 heteroatoms. The zero-order chi connectivity index (χ0) is 20.8. The number of rotatable bonds is 8. The number of anilines is 2. The van der Waals surface area contributed by atoms with Gasteiger partial charge >= 0.3 is 0 Å². The van der Waals surface area contributed by atoms with E-state index in [1.54, 1.807) is 0 Å². The summed E-state index contributed by atoms with van der Waals surface area (Å²) in [6, 6.07) is 9.70. The molecule has 0 unspecified atom stereocenters. The average molecular weight is 402 g/mol. The van der Waals surface area contributed by atoms with E-state index < -0.39 is 0 Å². The molecule has 0 saturated heterocycles. The number of thiophene rings is 1. The number of carbonyl (C=O) groups excluding carboxylic acids is 2. The second kappa shape index (κ2) is 9.73. The van der Waals surface area contributed by atoms with Gasteiger partial charge < -0.3 is 15.1 Å². The molecule has 0 bridgehead atoms. The highest BCUT2D eigenvalue weighted by Gasteiger charge is 2.22. The van der Waals surface area contributed by atoms with Gasteiger partial charge in [-0.3, -0.25) is 9.59 Å². The van der Waals surface area contributed by atoms with E-state index in [2.05, 4.69) is 5.32 Å². The molecule has 152 valence electrons. The van der Waals surface area contributed by atoms with Crippen LogP contribution in [0.5, 0.6) is 0 Å². The highest BCUT2D eigenvalue weighted by atomic mass is 32.1. The average Bonchev–Trinajstić information content (AvgIpc) is 3.12. The number of hydrogen-bond donors (Lipinski definition) is 1. The molecule has 0 aliphatic carbocycles. The van der Waals surface area contributed by atoms with Crippen LogP contribution in [0.4, 0.5) is 11.4 Å². The highest BCUT2D eigenvalue weighted by molar-refractivity contribution is 7.12. The molecule has 2 amide bonds. The molecule has 1 heterocycles. The van der Waals surface area contributed by atoms with Gasteiger partial charge in [-0.05, 0) is 55.0 Å².